The van der Waals surface area contributed by atoms with Crippen LogP contribution in [0.3, 0.4) is 0 Å². The number of hydrogen-bond acceptors (Lipinski definition) is 3. The molecule has 1 rings (SSSR count). The van der Waals surface area contributed by atoms with E-state index in [2.05, 4.69) is 10.6 Å². The van der Waals surface area contributed by atoms with E-state index in [9.17, 15) is 14.4 Å². The highest BCUT2D eigenvalue weighted by Crippen LogP contribution is 2.25. The third kappa shape index (κ3) is 4.71. The second-order valence-corrected chi connectivity index (χ2v) is 6.98. The van der Waals surface area contributed by atoms with Gasteiger partial charge in [-0.25, -0.2) is 0 Å². The Morgan fingerprint density at radius 3 is 2.41 bits per heavy atom. The molecule has 6 nitrogen and oxygen atoms in total. The van der Waals surface area contributed by atoms with Crippen LogP contribution in [0.4, 0.5) is 0 Å². The number of carbonyl (C=O) groups is 3. The first-order valence-electron chi connectivity index (χ1n) is 8.03. The Labute approximate surface area is 133 Å². The van der Waals surface area contributed by atoms with E-state index in [1.54, 1.807) is 4.90 Å². The highest BCUT2D eigenvalue weighted by atomic mass is 16.2. The van der Waals surface area contributed by atoms with Gasteiger partial charge < -0.3 is 15.5 Å². The zero-order valence-corrected chi connectivity index (χ0v) is 14.4. The maximum absolute atomic E-state index is 12.8. The zero-order chi connectivity index (χ0) is 16.9. The van der Waals surface area contributed by atoms with Gasteiger partial charge in [-0.2, -0.15) is 0 Å². The monoisotopic (exact) mass is 311 g/mol. The van der Waals surface area contributed by atoms with E-state index in [4.69, 9.17) is 0 Å². The summed E-state index contributed by atoms with van der Waals surface area (Å²) in [5, 5.41) is 5.59. The van der Waals surface area contributed by atoms with Crippen LogP contribution in [0.1, 0.15) is 53.9 Å². The molecule has 0 aliphatic carbocycles. The van der Waals surface area contributed by atoms with E-state index in [-0.39, 0.29) is 17.7 Å². The molecular weight excluding hydrogens is 282 g/mol. The minimum atomic E-state index is -0.621. The molecule has 2 N–H and O–H groups in total. The lowest BCUT2D eigenvalue weighted by molar-refractivity contribution is -0.143. The molecule has 0 radical (unpaired) electrons. The number of rotatable bonds is 5. The zero-order valence-electron chi connectivity index (χ0n) is 14.4. The molecule has 0 aromatic rings. The third-order valence-corrected chi connectivity index (χ3v) is 3.85. The minimum Gasteiger partial charge on any atom is -0.354 e. The Morgan fingerprint density at radius 1 is 1.27 bits per heavy atom. The normalized spacial score (nSPS) is 19.7. The summed E-state index contributed by atoms with van der Waals surface area (Å²) >= 11 is 0. The molecule has 0 unspecified atom stereocenters. The summed E-state index contributed by atoms with van der Waals surface area (Å²) in [4.78, 5) is 38.1. The van der Waals surface area contributed by atoms with Gasteiger partial charge in [0, 0.05) is 20.0 Å². The van der Waals surface area contributed by atoms with Crippen molar-refractivity contribution < 1.29 is 14.4 Å². The summed E-state index contributed by atoms with van der Waals surface area (Å²) < 4.78 is 0. The second-order valence-electron chi connectivity index (χ2n) is 6.98. The Bertz CT molecular complexity index is 429. The van der Waals surface area contributed by atoms with Crippen LogP contribution in [0.25, 0.3) is 0 Å². The maximum atomic E-state index is 12.8. The lowest BCUT2D eigenvalue weighted by atomic mass is 9.85. The molecule has 1 aliphatic heterocycles. The van der Waals surface area contributed by atoms with Crippen LogP contribution in [0, 0.1) is 5.41 Å². The highest BCUT2D eigenvalue weighted by molar-refractivity contribution is 5.92. The van der Waals surface area contributed by atoms with E-state index >= 15 is 0 Å². The number of amides is 3. The van der Waals surface area contributed by atoms with Crippen molar-refractivity contribution in [3.63, 3.8) is 0 Å². The minimum absolute atomic E-state index is 0.0943. The Hall–Kier alpha value is -1.59. The summed E-state index contributed by atoms with van der Waals surface area (Å²) in [6.07, 6.45) is 2.36. The predicted molar refractivity (Wildman–Crippen MR) is 85.1 cm³/mol. The summed E-state index contributed by atoms with van der Waals surface area (Å²) in [6.45, 7) is 10.3. The molecule has 1 saturated heterocycles. The maximum Gasteiger partial charge on any atom is 0.246 e. The van der Waals surface area contributed by atoms with Crippen LogP contribution in [-0.2, 0) is 14.4 Å². The molecule has 0 aromatic heterocycles. The van der Waals surface area contributed by atoms with Crippen molar-refractivity contribution in [3.8, 4) is 0 Å². The van der Waals surface area contributed by atoms with Crippen LogP contribution in [0.5, 0.6) is 0 Å². The second kappa shape index (κ2) is 7.61. The fourth-order valence-corrected chi connectivity index (χ4v) is 2.69. The molecule has 0 saturated carbocycles. The molecule has 1 fully saturated rings. The average Bonchev–Trinajstić information content (AvgIpc) is 2.89. The molecule has 0 spiro atoms. The van der Waals surface area contributed by atoms with Crippen LogP contribution < -0.4 is 10.6 Å². The lowest BCUT2D eigenvalue weighted by Crippen LogP contribution is -2.57. The van der Waals surface area contributed by atoms with Gasteiger partial charge in [0.05, 0.1) is 0 Å². The van der Waals surface area contributed by atoms with Crippen LogP contribution >= 0.6 is 0 Å². The summed E-state index contributed by atoms with van der Waals surface area (Å²) in [5.41, 5.74) is -0.407. The van der Waals surface area contributed by atoms with Gasteiger partial charge in [0.2, 0.25) is 17.7 Å². The predicted octanol–water partition coefficient (Wildman–Crippen LogP) is 1.05. The summed E-state index contributed by atoms with van der Waals surface area (Å²) in [6, 6.07) is -1.04. The number of carbonyl (C=O) groups excluding carboxylic acids is 3. The molecular formula is C16H29N3O3. The van der Waals surface area contributed by atoms with Crippen molar-refractivity contribution >= 4 is 17.7 Å². The first kappa shape index (κ1) is 18.5. The molecule has 126 valence electrons. The molecule has 6 heteroatoms. The van der Waals surface area contributed by atoms with Crippen LogP contribution in [-0.4, -0.2) is 47.8 Å². The van der Waals surface area contributed by atoms with E-state index < -0.39 is 17.5 Å². The van der Waals surface area contributed by atoms with E-state index in [0.29, 0.717) is 19.5 Å². The Morgan fingerprint density at radius 2 is 1.91 bits per heavy atom. The highest BCUT2D eigenvalue weighted by Gasteiger charge is 2.41. The van der Waals surface area contributed by atoms with Gasteiger partial charge in [0.25, 0.3) is 0 Å². The largest absolute Gasteiger partial charge is 0.354 e. The molecule has 2 atom stereocenters. The number of nitrogens with zero attached hydrogens (tertiary/aromatic N) is 1. The van der Waals surface area contributed by atoms with Gasteiger partial charge in [-0.05, 0) is 24.7 Å². The van der Waals surface area contributed by atoms with Gasteiger partial charge in [0.15, 0.2) is 0 Å². The third-order valence-electron chi connectivity index (χ3n) is 3.85. The topological polar surface area (TPSA) is 78.5 Å². The van der Waals surface area contributed by atoms with Crippen molar-refractivity contribution in [2.24, 2.45) is 5.41 Å². The first-order chi connectivity index (χ1) is 10.2. The molecule has 1 aliphatic rings. The van der Waals surface area contributed by atoms with Crippen molar-refractivity contribution in [1.82, 2.24) is 15.5 Å². The van der Waals surface area contributed by atoms with Crippen LogP contribution in [0.2, 0.25) is 0 Å². The SMILES string of the molecule is CCCNC(=O)[C@@H]1CCCN1C(=O)[C@@H](NC(C)=O)C(C)(C)C. The van der Waals surface area contributed by atoms with Gasteiger partial charge in [-0.15, -0.1) is 0 Å². The van der Waals surface area contributed by atoms with Gasteiger partial charge in [0.1, 0.15) is 12.1 Å². The average molecular weight is 311 g/mol. The molecule has 0 bridgehead atoms. The number of nitrogens with one attached hydrogen (secondary N) is 2. The quantitative estimate of drug-likeness (QED) is 0.797. The summed E-state index contributed by atoms with van der Waals surface area (Å²) in [7, 11) is 0. The van der Waals surface area contributed by atoms with Gasteiger partial charge in [-0.3, -0.25) is 14.4 Å². The van der Waals surface area contributed by atoms with Gasteiger partial charge >= 0.3 is 0 Å². The fraction of sp³-hybridized carbons (Fsp3) is 0.812. The standard InChI is InChI=1S/C16H29N3O3/c1-6-9-17-14(21)12-8-7-10-19(12)15(22)13(16(3,4)5)18-11(2)20/h12-13H,6-10H2,1-5H3,(H,17,21)(H,18,20)/t12-,13+/m0/s1. The van der Waals surface area contributed by atoms with E-state index in [1.165, 1.54) is 6.92 Å². The van der Waals surface area contributed by atoms with Crippen molar-refractivity contribution in [2.45, 2.75) is 66.0 Å². The first-order valence-corrected chi connectivity index (χ1v) is 8.03. The molecule has 1 heterocycles. The fourth-order valence-electron chi connectivity index (χ4n) is 2.69. The molecule has 3 amide bonds. The van der Waals surface area contributed by atoms with E-state index in [1.807, 2.05) is 27.7 Å². The number of likely N-dealkylation sites (tertiary alicyclic amines) is 1. The molecule has 0 aromatic carbocycles. The summed E-state index contributed by atoms with van der Waals surface area (Å²) in [5.74, 6) is -0.500. The van der Waals surface area contributed by atoms with Crippen molar-refractivity contribution in [3.05, 3.63) is 0 Å². The van der Waals surface area contributed by atoms with Crippen LogP contribution in [0.15, 0.2) is 0 Å². The van der Waals surface area contributed by atoms with Crippen molar-refractivity contribution in [1.29, 1.82) is 0 Å². The van der Waals surface area contributed by atoms with Crippen molar-refractivity contribution in [2.75, 3.05) is 13.1 Å². The number of hydrogen-bond donors (Lipinski definition) is 2. The van der Waals surface area contributed by atoms with Gasteiger partial charge in [-0.1, -0.05) is 27.7 Å². The lowest BCUT2D eigenvalue weighted by Gasteiger charge is -2.35. The Balaban J connectivity index is 2.87. The Kier molecular flexibility index (Phi) is 6.38. The molecule has 22 heavy (non-hydrogen) atoms. The smallest absolute Gasteiger partial charge is 0.246 e. The van der Waals surface area contributed by atoms with E-state index in [0.717, 1.165) is 12.8 Å².